The topological polar surface area (TPSA) is 102 Å². The van der Waals surface area contributed by atoms with Crippen molar-refractivity contribution in [2.45, 2.75) is 4.90 Å². The molecule has 154 valence electrons. The number of nitrogens with one attached hydrogen (secondary N) is 2. The Balaban J connectivity index is 1.33. The molecule has 0 spiro atoms. The lowest BCUT2D eigenvalue weighted by Crippen LogP contribution is -2.50. The lowest BCUT2D eigenvalue weighted by atomic mass is 10.2. The summed E-state index contributed by atoms with van der Waals surface area (Å²) in [6.45, 7) is 1.15. The number of nitrogens with zero attached hydrogens (tertiary/aromatic N) is 3. The number of hydrogen-bond acceptors (Lipinski definition) is 4. The van der Waals surface area contributed by atoms with Crippen LogP contribution in [0.3, 0.4) is 0 Å². The SMILES string of the molecule is O=C(c1cc2ccc(Br)cc2[nH]1)N1CCN(S(=O)(=O)c2c[nH]c3ncccc23)CC1. The Bertz CT molecular complexity index is 1370. The van der Waals surface area contributed by atoms with Gasteiger partial charge in [-0.2, -0.15) is 4.31 Å². The number of rotatable bonds is 3. The zero-order valence-electron chi connectivity index (χ0n) is 15.8. The molecule has 0 aliphatic carbocycles. The number of carbonyl (C=O) groups is 1. The third-order valence-corrected chi connectivity index (χ3v) is 7.80. The van der Waals surface area contributed by atoms with Gasteiger partial charge in [-0.25, -0.2) is 13.4 Å². The maximum Gasteiger partial charge on any atom is 0.270 e. The van der Waals surface area contributed by atoms with E-state index in [9.17, 15) is 13.2 Å². The van der Waals surface area contributed by atoms with Crippen LogP contribution in [0.2, 0.25) is 0 Å². The molecule has 0 saturated carbocycles. The van der Waals surface area contributed by atoms with Crippen LogP contribution in [-0.2, 0) is 10.0 Å². The largest absolute Gasteiger partial charge is 0.350 e. The van der Waals surface area contributed by atoms with Crippen LogP contribution in [0.15, 0.2) is 58.2 Å². The lowest BCUT2D eigenvalue weighted by molar-refractivity contribution is 0.0693. The Morgan fingerprint density at radius 2 is 1.90 bits per heavy atom. The first-order valence-corrected chi connectivity index (χ1v) is 11.7. The van der Waals surface area contributed by atoms with Crippen molar-refractivity contribution in [3.63, 3.8) is 0 Å². The van der Waals surface area contributed by atoms with Crippen LogP contribution in [0.4, 0.5) is 0 Å². The molecule has 1 saturated heterocycles. The van der Waals surface area contributed by atoms with Gasteiger partial charge in [-0.15, -0.1) is 0 Å². The summed E-state index contributed by atoms with van der Waals surface area (Å²) in [4.78, 5) is 25.0. The highest BCUT2D eigenvalue weighted by Crippen LogP contribution is 2.26. The van der Waals surface area contributed by atoms with Gasteiger partial charge in [-0.1, -0.05) is 22.0 Å². The quantitative estimate of drug-likeness (QED) is 0.463. The van der Waals surface area contributed by atoms with E-state index in [1.54, 1.807) is 23.2 Å². The molecule has 0 unspecified atom stereocenters. The molecule has 4 heterocycles. The Labute approximate surface area is 181 Å². The fourth-order valence-electron chi connectivity index (χ4n) is 3.80. The highest BCUT2D eigenvalue weighted by atomic mass is 79.9. The number of aromatic nitrogens is 3. The van der Waals surface area contributed by atoms with Crippen molar-refractivity contribution < 1.29 is 13.2 Å². The van der Waals surface area contributed by atoms with Gasteiger partial charge >= 0.3 is 0 Å². The molecule has 5 rings (SSSR count). The zero-order valence-corrected chi connectivity index (χ0v) is 18.2. The van der Waals surface area contributed by atoms with Crippen molar-refractivity contribution in [2.24, 2.45) is 0 Å². The van der Waals surface area contributed by atoms with E-state index in [0.717, 1.165) is 15.4 Å². The van der Waals surface area contributed by atoms with E-state index in [1.165, 1.54) is 10.5 Å². The Morgan fingerprint density at radius 3 is 2.70 bits per heavy atom. The minimum Gasteiger partial charge on any atom is -0.350 e. The van der Waals surface area contributed by atoms with Gasteiger partial charge in [0.25, 0.3) is 5.91 Å². The van der Waals surface area contributed by atoms with Crippen molar-refractivity contribution in [1.82, 2.24) is 24.2 Å². The molecule has 2 N–H and O–H groups in total. The lowest BCUT2D eigenvalue weighted by Gasteiger charge is -2.33. The van der Waals surface area contributed by atoms with E-state index in [0.29, 0.717) is 29.8 Å². The van der Waals surface area contributed by atoms with E-state index in [4.69, 9.17) is 0 Å². The smallest absolute Gasteiger partial charge is 0.270 e. The molecule has 4 aromatic rings. The number of hydrogen-bond donors (Lipinski definition) is 2. The monoisotopic (exact) mass is 487 g/mol. The van der Waals surface area contributed by atoms with Crippen LogP contribution in [0, 0.1) is 0 Å². The summed E-state index contributed by atoms with van der Waals surface area (Å²) in [5, 5.41) is 1.52. The van der Waals surface area contributed by atoms with E-state index < -0.39 is 10.0 Å². The van der Waals surface area contributed by atoms with Crippen molar-refractivity contribution in [3.8, 4) is 0 Å². The summed E-state index contributed by atoms with van der Waals surface area (Å²) in [5.41, 5.74) is 1.92. The zero-order chi connectivity index (χ0) is 20.9. The molecule has 30 heavy (non-hydrogen) atoms. The molecule has 1 aliphatic heterocycles. The maximum absolute atomic E-state index is 13.1. The number of aromatic amines is 2. The molecule has 1 fully saturated rings. The molecule has 8 nitrogen and oxygen atoms in total. The second kappa shape index (κ2) is 7.22. The van der Waals surface area contributed by atoms with Gasteiger partial charge in [-0.05, 0) is 30.3 Å². The molecule has 3 aromatic heterocycles. The summed E-state index contributed by atoms with van der Waals surface area (Å²) in [7, 11) is -3.67. The fourth-order valence-corrected chi connectivity index (χ4v) is 5.73. The average Bonchev–Trinajstić information content (AvgIpc) is 3.37. The van der Waals surface area contributed by atoms with Crippen LogP contribution in [0.25, 0.3) is 21.9 Å². The van der Waals surface area contributed by atoms with Crippen molar-refractivity contribution >= 4 is 53.8 Å². The number of halogens is 1. The first-order chi connectivity index (χ1) is 14.4. The van der Waals surface area contributed by atoms with E-state index in [1.807, 2.05) is 24.3 Å². The van der Waals surface area contributed by atoms with Gasteiger partial charge in [0, 0.05) is 59.3 Å². The number of amides is 1. The van der Waals surface area contributed by atoms with Gasteiger partial charge in [0.15, 0.2) is 0 Å². The number of H-pyrrole nitrogens is 2. The predicted molar refractivity (Wildman–Crippen MR) is 117 cm³/mol. The van der Waals surface area contributed by atoms with Crippen molar-refractivity contribution in [2.75, 3.05) is 26.2 Å². The third kappa shape index (κ3) is 3.21. The first kappa shape index (κ1) is 19.3. The number of piperazine rings is 1. The molecular formula is C20H18BrN5O3S. The first-order valence-electron chi connectivity index (χ1n) is 9.43. The average molecular weight is 488 g/mol. The van der Waals surface area contributed by atoms with Gasteiger partial charge < -0.3 is 14.9 Å². The molecule has 0 radical (unpaired) electrons. The molecule has 1 aliphatic rings. The Morgan fingerprint density at radius 1 is 1.10 bits per heavy atom. The van der Waals surface area contributed by atoms with E-state index in [2.05, 4.69) is 30.9 Å². The van der Waals surface area contributed by atoms with Crippen LogP contribution < -0.4 is 0 Å². The standard InChI is InChI=1S/C20H18BrN5O3S/c21-14-4-3-13-10-17(24-16(13)11-14)20(27)25-6-8-26(9-7-25)30(28,29)18-12-23-19-15(18)2-1-5-22-19/h1-5,10-12,24H,6-9H2,(H,22,23). The fraction of sp³-hybridized carbons (Fsp3) is 0.200. The third-order valence-electron chi connectivity index (χ3n) is 5.37. The van der Waals surface area contributed by atoms with Crippen LogP contribution >= 0.6 is 15.9 Å². The van der Waals surface area contributed by atoms with Gasteiger partial charge in [0.2, 0.25) is 10.0 Å². The Hall–Kier alpha value is -2.69. The van der Waals surface area contributed by atoms with Gasteiger partial charge in [0.05, 0.1) is 0 Å². The number of fused-ring (bicyclic) bond motifs is 2. The second-order valence-corrected chi connectivity index (χ2v) is 9.99. The summed E-state index contributed by atoms with van der Waals surface area (Å²) in [5.74, 6) is -0.129. The van der Waals surface area contributed by atoms with E-state index >= 15 is 0 Å². The summed E-state index contributed by atoms with van der Waals surface area (Å²) in [6.07, 6.45) is 3.09. The summed E-state index contributed by atoms with van der Waals surface area (Å²) in [6, 6.07) is 11.1. The van der Waals surface area contributed by atoms with Crippen molar-refractivity contribution in [1.29, 1.82) is 0 Å². The Kier molecular flexibility index (Phi) is 4.64. The predicted octanol–water partition coefficient (Wildman–Crippen LogP) is 2.95. The molecule has 0 atom stereocenters. The molecule has 1 aromatic carbocycles. The molecule has 10 heteroatoms. The highest BCUT2D eigenvalue weighted by molar-refractivity contribution is 9.10. The molecule has 1 amide bonds. The van der Waals surface area contributed by atoms with Crippen molar-refractivity contribution in [3.05, 3.63) is 59.0 Å². The molecule has 0 bridgehead atoms. The number of benzene rings is 1. The number of sulfonamides is 1. The molecular weight excluding hydrogens is 470 g/mol. The normalized spacial score (nSPS) is 15.8. The highest BCUT2D eigenvalue weighted by Gasteiger charge is 2.32. The van der Waals surface area contributed by atoms with Crippen LogP contribution in [0.5, 0.6) is 0 Å². The van der Waals surface area contributed by atoms with Gasteiger partial charge in [0.1, 0.15) is 16.2 Å². The number of carbonyl (C=O) groups excluding carboxylic acids is 1. The van der Waals surface area contributed by atoms with Gasteiger partial charge in [-0.3, -0.25) is 4.79 Å². The summed E-state index contributed by atoms with van der Waals surface area (Å²) < 4.78 is 28.6. The minimum absolute atomic E-state index is 0.129. The van der Waals surface area contributed by atoms with Crippen LogP contribution in [-0.4, -0.2) is 64.7 Å². The maximum atomic E-state index is 13.1. The number of pyridine rings is 1. The summed E-state index contributed by atoms with van der Waals surface area (Å²) >= 11 is 3.43. The second-order valence-electron chi connectivity index (χ2n) is 7.16. The van der Waals surface area contributed by atoms with E-state index in [-0.39, 0.29) is 23.9 Å². The van der Waals surface area contributed by atoms with Crippen LogP contribution in [0.1, 0.15) is 10.5 Å². The minimum atomic E-state index is -3.67.